The van der Waals surface area contributed by atoms with Crippen molar-refractivity contribution in [3.8, 4) is 83.6 Å². The highest BCUT2D eigenvalue weighted by molar-refractivity contribution is 5.86. The molecule has 0 saturated carbocycles. The lowest BCUT2D eigenvalue weighted by Gasteiger charge is -2.48. The third kappa shape index (κ3) is 10.2. The zero-order chi connectivity index (χ0) is 73.8. The second kappa shape index (κ2) is 27.4. The van der Waals surface area contributed by atoms with Crippen LogP contribution in [0.2, 0.25) is 0 Å². The van der Waals surface area contributed by atoms with Crippen LogP contribution in [0.1, 0.15) is 315 Å². The summed E-state index contributed by atoms with van der Waals surface area (Å²) in [6.07, 6.45) is 23.6. The summed E-state index contributed by atoms with van der Waals surface area (Å²) in [6.45, 7) is 9.93. The number of aryl methyl sites for hydroxylation is 2. The van der Waals surface area contributed by atoms with Gasteiger partial charge in [-0.1, -0.05) is 300 Å². The summed E-state index contributed by atoms with van der Waals surface area (Å²) in [4.78, 5) is 0. The lowest BCUT2D eigenvalue weighted by molar-refractivity contribution is 0.294. The molecule has 0 radical (unpaired) electrons. The minimum absolute atomic E-state index is 0.0172. The van der Waals surface area contributed by atoms with Gasteiger partial charge in [0.1, 0.15) is 11.5 Å². The predicted molar refractivity (Wildman–Crippen MR) is 444 cm³/mol. The first kappa shape index (κ1) is 67.0. The zero-order valence-corrected chi connectivity index (χ0v) is 62.9. The minimum Gasteiger partial charge on any atom is -0.493 e. The molecule has 12 aromatic carbocycles. The van der Waals surface area contributed by atoms with Crippen molar-refractivity contribution in [2.45, 2.75) is 139 Å². The van der Waals surface area contributed by atoms with Crippen LogP contribution in [0.5, 0.6) is 11.5 Å². The maximum Gasteiger partial charge on any atom is 0.135 e. The van der Waals surface area contributed by atoms with Crippen molar-refractivity contribution in [3.63, 3.8) is 0 Å². The molecule has 0 saturated heterocycles. The Labute approximate surface area is 648 Å². The van der Waals surface area contributed by atoms with E-state index in [1.807, 2.05) is 6.92 Å². The van der Waals surface area contributed by atoms with Gasteiger partial charge in [0.05, 0.1) is 18.8 Å². The van der Waals surface area contributed by atoms with E-state index in [0.717, 1.165) is 87.3 Å². The molecular formula is C108H82O2. The Morgan fingerprint density at radius 2 is 0.600 bits per heavy atom. The second-order valence-electron chi connectivity index (χ2n) is 31.3. The minimum atomic E-state index is -0.0857. The Balaban J connectivity index is 0.743. The maximum absolute atomic E-state index is 6.83. The van der Waals surface area contributed by atoms with Crippen molar-refractivity contribution < 1.29 is 9.47 Å². The molecule has 8 bridgehead atoms. The Hall–Kier alpha value is -12.4. The summed E-state index contributed by atoms with van der Waals surface area (Å²) in [6, 6.07) is 81.7. The van der Waals surface area contributed by atoms with Gasteiger partial charge in [-0.15, -0.1) is 18.8 Å². The predicted octanol–water partition coefficient (Wildman–Crippen LogP) is 23.0. The van der Waals surface area contributed by atoms with E-state index in [1.54, 1.807) is 0 Å². The van der Waals surface area contributed by atoms with Crippen molar-refractivity contribution >= 4 is 0 Å². The topological polar surface area (TPSA) is 18.5 Å². The van der Waals surface area contributed by atoms with Gasteiger partial charge in [-0.3, -0.25) is 0 Å². The van der Waals surface area contributed by atoms with E-state index >= 15 is 0 Å². The Bertz CT molecular complexity index is 5850. The van der Waals surface area contributed by atoms with Gasteiger partial charge in [-0.05, 0) is 202 Å². The summed E-state index contributed by atoms with van der Waals surface area (Å²) in [5.41, 5.74) is 41.2. The molecule has 0 atom stereocenters. The lowest BCUT2D eigenvalue weighted by atomic mass is 9.53. The molecule has 0 amide bonds. The Morgan fingerprint density at radius 3 is 0.909 bits per heavy atom. The van der Waals surface area contributed by atoms with Crippen molar-refractivity contribution in [1.29, 1.82) is 0 Å². The third-order valence-corrected chi connectivity index (χ3v) is 25.5. The number of rotatable bonds is 14. The maximum atomic E-state index is 6.83. The normalized spacial score (nSPS) is 18.3. The lowest BCUT2D eigenvalue weighted by Crippen LogP contribution is -2.35. The van der Waals surface area contributed by atoms with Crippen LogP contribution in [-0.4, -0.2) is 13.2 Å². The van der Waals surface area contributed by atoms with E-state index in [9.17, 15) is 0 Å². The fourth-order valence-corrected chi connectivity index (χ4v) is 21.1. The molecule has 0 aromatic heterocycles. The van der Waals surface area contributed by atoms with Gasteiger partial charge >= 0.3 is 0 Å². The van der Waals surface area contributed by atoms with E-state index in [0.29, 0.717) is 31.6 Å². The molecular weight excluding hydrogens is 1330 g/mol. The van der Waals surface area contributed by atoms with Crippen molar-refractivity contribution in [2.24, 2.45) is 0 Å². The molecule has 110 heavy (non-hydrogen) atoms. The molecule has 0 spiro atoms. The molecule has 0 aliphatic heterocycles. The number of terminal acetylenes is 2. The Kier molecular flexibility index (Phi) is 16.7. The highest BCUT2D eigenvalue weighted by atomic mass is 16.5. The molecule has 12 aliphatic carbocycles. The van der Waals surface area contributed by atoms with Gasteiger partial charge in [-0.25, -0.2) is 0 Å². The van der Waals surface area contributed by atoms with E-state index in [-0.39, 0.29) is 47.3 Å². The average Bonchev–Trinajstić information content (AvgIpc) is 0.671. The van der Waals surface area contributed by atoms with E-state index < -0.39 is 0 Å². The van der Waals surface area contributed by atoms with Crippen LogP contribution in [0, 0.1) is 79.0 Å². The first-order valence-electron chi connectivity index (χ1n) is 40.0. The summed E-state index contributed by atoms with van der Waals surface area (Å²) >= 11 is 0. The highest BCUT2D eigenvalue weighted by Gasteiger charge is 2.53. The molecule has 24 rings (SSSR count). The number of hydrogen-bond donors (Lipinski definition) is 0. The fraction of sp³-hybridized carbons (Fsp3) is 0.222. The van der Waals surface area contributed by atoms with Gasteiger partial charge in [0.15, 0.2) is 0 Å². The zero-order valence-electron chi connectivity index (χ0n) is 62.9. The van der Waals surface area contributed by atoms with Crippen LogP contribution in [0.15, 0.2) is 218 Å². The molecule has 2 nitrogen and oxygen atoms in total. The summed E-state index contributed by atoms with van der Waals surface area (Å²) < 4.78 is 13.5. The van der Waals surface area contributed by atoms with Crippen molar-refractivity contribution in [3.05, 3.63) is 408 Å². The van der Waals surface area contributed by atoms with Crippen LogP contribution >= 0.6 is 0 Å². The molecule has 0 fully saturated rings. The summed E-state index contributed by atoms with van der Waals surface area (Å²) in [5.74, 6) is 38.8. The average molecular weight is 1410 g/mol. The van der Waals surface area contributed by atoms with Crippen molar-refractivity contribution in [2.75, 3.05) is 13.2 Å². The largest absolute Gasteiger partial charge is 0.493 e. The quantitative estimate of drug-likeness (QED) is 0.0798. The fourth-order valence-electron chi connectivity index (χ4n) is 21.1. The van der Waals surface area contributed by atoms with Crippen LogP contribution in [0.3, 0.4) is 0 Å². The highest BCUT2D eigenvalue weighted by Crippen LogP contribution is 2.67. The molecule has 2 heteroatoms. The molecule has 526 valence electrons. The molecule has 0 N–H and O–H groups in total. The van der Waals surface area contributed by atoms with E-state index in [1.165, 1.54) is 159 Å². The monoisotopic (exact) mass is 1410 g/mol. The van der Waals surface area contributed by atoms with Gasteiger partial charge in [-0.2, -0.15) is 0 Å². The van der Waals surface area contributed by atoms with Gasteiger partial charge in [0.2, 0.25) is 0 Å². The standard InChI is InChI=1S/C108H82O2/c1-7-12-14-34-59-109-91-64-70(92(61-65(91)6)110-60-35-15-13-8-2)56-58-90-107-99-83-50-30-22-42-75(83)95(76-43-23-31-51-84(76)99)103(107)88(104-96-77-44-24-32-52-85(77)100(108(90)104)86-53-33-25-45-78(86)96)54-17-16-37-68-62-67(11-5)69(63-66(68)10-4)55-57-89-105-97-79-46-26-18-38-71(79)93(72-39-19-27-47-80(72)97)101(105)87(36-9-3)102-94-73-40-20-28-48-81(73)98(106(89)102)82-49-29-21-41-74(82)94/h4-5,18-33,38-53,61-64,93-100H,7-8,12-16,34-35,37,59-60H2,1-3,6H3. The van der Waals surface area contributed by atoms with Crippen LogP contribution in [0.4, 0.5) is 0 Å². The second-order valence-corrected chi connectivity index (χ2v) is 31.3. The smallest absolute Gasteiger partial charge is 0.135 e. The molecule has 0 heterocycles. The van der Waals surface area contributed by atoms with E-state index in [4.69, 9.17) is 22.3 Å². The molecule has 12 aromatic rings. The number of unbranched alkanes of at least 4 members (excludes halogenated alkanes) is 6. The molecule has 0 unspecified atom stereocenters. The van der Waals surface area contributed by atoms with Gasteiger partial charge < -0.3 is 9.47 Å². The summed E-state index contributed by atoms with van der Waals surface area (Å²) in [7, 11) is 0. The first-order valence-corrected chi connectivity index (χ1v) is 40.0. The van der Waals surface area contributed by atoms with Crippen molar-refractivity contribution in [1.82, 2.24) is 0 Å². The number of hydrogen-bond acceptors (Lipinski definition) is 2. The van der Waals surface area contributed by atoms with Gasteiger partial charge in [0, 0.05) is 92.7 Å². The number of benzene rings is 12. The summed E-state index contributed by atoms with van der Waals surface area (Å²) in [5, 5.41) is 0. The van der Waals surface area contributed by atoms with Crippen LogP contribution in [-0.2, 0) is 6.42 Å². The third-order valence-electron chi connectivity index (χ3n) is 25.5. The Morgan fingerprint density at radius 1 is 0.300 bits per heavy atom. The first-order chi connectivity index (χ1) is 54.4. The van der Waals surface area contributed by atoms with E-state index in [2.05, 4.69) is 298 Å². The number of ether oxygens (including phenoxy) is 2. The van der Waals surface area contributed by atoms with Crippen LogP contribution < -0.4 is 9.47 Å². The van der Waals surface area contributed by atoms with Crippen LogP contribution in [0.25, 0.3) is 0 Å². The SMILES string of the molecule is C#Cc1cc(CCC#Cc2c3c(c(C#Cc4cc(OCCCCCC)c(C)cc4OCCCCCC)c4c2C2c5ccccc5C4c4ccccc42)C2c4ccccc4C3c3ccccc32)c(C#C)cc1C#Cc1c2c(c(C#CC)c3c1C1c4ccccc4C3c3ccccc31)C1c3ccccc3C2c2ccccc21. The van der Waals surface area contributed by atoms with Gasteiger partial charge in [0.25, 0.3) is 0 Å². The molecule has 12 aliphatic rings.